The Morgan fingerprint density at radius 1 is 1.21 bits per heavy atom. The zero-order valence-corrected chi connectivity index (χ0v) is 12.6. The van der Waals surface area contributed by atoms with Crippen LogP contribution in [0.2, 0.25) is 0 Å². The lowest BCUT2D eigenvalue weighted by molar-refractivity contribution is 0.0751. The minimum Gasteiger partial charge on any atom is -0.456 e. The summed E-state index contributed by atoms with van der Waals surface area (Å²) in [4.78, 5) is 13.8. The molecule has 2 aromatic rings. The molecule has 0 spiro atoms. The monoisotopic (exact) mass is 321 g/mol. The molecule has 3 nitrogen and oxygen atoms in total. The lowest BCUT2D eigenvalue weighted by Gasteiger charge is -2.15. The van der Waals surface area contributed by atoms with E-state index in [1.54, 1.807) is 18.0 Å². The SMILES string of the molecule is CCc1ccc(C(=O)N(C)Cc2ccc(Br)cc2)o1. The van der Waals surface area contributed by atoms with Crippen LogP contribution in [0.1, 0.15) is 28.8 Å². The standard InChI is InChI=1S/C15H16BrNO2/c1-3-13-8-9-14(19-13)15(18)17(2)10-11-4-6-12(16)7-5-11/h4-9H,3,10H2,1-2H3. The molecule has 0 aliphatic carbocycles. The van der Waals surface area contributed by atoms with Crippen molar-refractivity contribution in [2.75, 3.05) is 7.05 Å². The zero-order chi connectivity index (χ0) is 13.8. The van der Waals surface area contributed by atoms with Gasteiger partial charge in [-0.05, 0) is 29.8 Å². The van der Waals surface area contributed by atoms with Crippen LogP contribution < -0.4 is 0 Å². The van der Waals surface area contributed by atoms with Gasteiger partial charge in [-0.25, -0.2) is 0 Å². The first-order chi connectivity index (χ1) is 9.10. The minimum absolute atomic E-state index is 0.0948. The summed E-state index contributed by atoms with van der Waals surface area (Å²) in [5.74, 6) is 1.14. The quantitative estimate of drug-likeness (QED) is 0.856. The summed E-state index contributed by atoms with van der Waals surface area (Å²) in [5, 5.41) is 0. The Balaban J connectivity index is 2.04. The number of carbonyl (C=O) groups is 1. The number of rotatable bonds is 4. The van der Waals surface area contributed by atoms with E-state index in [-0.39, 0.29) is 5.91 Å². The number of aryl methyl sites for hydroxylation is 1. The van der Waals surface area contributed by atoms with Gasteiger partial charge in [0.25, 0.3) is 5.91 Å². The smallest absolute Gasteiger partial charge is 0.289 e. The van der Waals surface area contributed by atoms with Gasteiger partial charge in [-0.2, -0.15) is 0 Å². The maximum atomic E-state index is 12.2. The predicted octanol–water partition coefficient (Wildman–Crippen LogP) is 3.88. The summed E-state index contributed by atoms with van der Waals surface area (Å²) in [6.45, 7) is 2.56. The van der Waals surface area contributed by atoms with Crippen molar-refractivity contribution in [3.8, 4) is 0 Å². The van der Waals surface area contributed by atoms with Crippen molar-refractivity contribution < 1.29 is 9.21 Å². The van der Waals surface area contributed by atoms with Crippen LogP contribution in [0, 0.1) is 0 Å². The predicted molar refractivity (Wildman–Crippen MR) is 78.0 cm³/mol. The highest BCUT2D eigenvalue weighted by molar-refractivity contribution is 9.10. The van der Waals surface area contributed by atoms with Crippen molar-refractivity contribution in [3.05, 3.63) is 58.0 Å². The van der Waals surface area contributed by atoms with Crippen molar-refractivity contribution in [2.45, 2.75) is 19.9 Å². The van der Waals surface area contributed by atoms with Gasteiger partial charge in [0.15, 0.2) is 5.76 Å². The Morgan fingerprint density at radius 2 is 1.89 bits per heavy atom. The summed E-state index contributed by atoms with van der Waals surface area (Å²) in [6.07, 6.45) is 0.795. The van der Waals surface area contributed by atoms with Crippen LogP contribution in [-0.2, 0) is 13.0 Å². The molecule has 19 heavy (non-hydrogen) atoms. The van der Waals surface area contributed by atoms with E-state index in [1.807, 2.05) is 37.3 Å². The summed E-state index contributed by atoms with van der Waals surface area (Å²) in [5.41, 5.74) is 1.08. The fourth-order valence-electron chi connectivity index (χ4n) is 1.81. The Labute approximate surface area is 121 Å². The summed E-state index contributed by atoms with van der Waals surface area (Å²) >= 11 is 3.39. The van der Waals surface area contributed by atoms with E-state index in [4.69, 9.17) is 4.42 Å². The number of furan rings is 1. The van der Waals surface area contributed by atoms with E-state index >= 15 is 0 Å². The van der Waals surface area contributed by atoms with Crippen molar-refractivity contribution in [1.29, 1.82) is 0 Å². The molecule has 1 amide bonds. The van der Waals surface area contributed by atoms with Crippen LogP contribution in [-0.4, -0.2) is 17.9 Å². The minimum atomic E-state index is -0.0948. The third-order valence-corrected chi connectivity index (χ3v) is 3.43. The first-order valence-corrected chi connectivity index (χ1v) is 6.98. The third-order valence-electron chi connectivity index (χ3n) is 2.90. The molecule has 2 rings (SSSR count). The van der Waals surface area contributed by atoms with E-state index in [2.05, 4.69) is 15.9 Å². The van der Waals surface area contributed by atoms with Crippen molar-refractivity contribution >= 4 is 21.8 Å². The van der Waals surface area contributed by atoms with E-state index in [0.717, 1.165) is 22.2 Å². The van der Waals surface area contributed by atoms with Crippen molar-refractivity contribution in [1.82, 2.24) is 4.90 Å². The second kappa shape index (κ2) is 6.06. The van der Waals surface area contributed by atoms with Gasteiger partial charge in [-0.15, -0.1) is 0 Å². The fraction of sp³-hybridized carbons (Fsp3) is 0.267. The van der Waals surface area contributed by atoms with Crippen molar-refractivity contribution in [2.24, 2.45) is 0 Å². The summed E-state index contributed by atoms with van der Waals surface area (Å²) in [6, 6.07) is 11.5. The van der Waals surface area contributed by atoms with Gasteiger partial charge in [-0.3, -0.25) is 4.79 Å². The Bertz CT molecular complexity index is 560. The maximum absolute atomic E-state index is 12.2. The van der Waals surface area contributed by atoms with Crippen LogP contribution in [0.15, 0.2) is 45.3 Å². The Morgan fingerprint density at radius 3 is 2.47 bits per heavy atom. The molecule has 0 fully saturated rings. The van der Waals surface area contributed by atoms with E-state index < -0.39 is 0 Å². The van der Waals surface area contributed by atoms with Gasteiger partial charge in [0.05, 0.1) is 0 Å². The first-order valence-electron chi connectivity index (χ1n) is 6.18. The number of hydrogen-bond donors (Lipinski definition) is 0. The number of carbonyl (C=O) groups excluding carboxylic acids is 1. The summed E-state index contributed by atoms with van der Waals surface area (Å²) < 4.78 is 6.51. The van der Waals surface area contributed by atoms with Crippen LogP contribution in [0.5, 0.6) is 0 Å². The highest BCUT2D eigenvalue weighted by atomic mass is 79.9. The molecule has 0 radical (unpaired) electrons. The molecule has 0 unspecified atom stereocenters. The molecule has 0 aliphatic rings. The average molecular weight is 322 g/mol. The molecule has 0 saturated carbocycles. The third kappa shape index (κ3) is 3.47. The molecular weight excluding hydrogens is 306 g/mol. The molecule has 1 aromatic heterocycles. The second-order valence-electron chi connectivity index (χ2n) is 4.41. The van der Waals surface area contributed by atoms with E-state index in [9.17, 15) is 4.79 Å². The van der Waals surface area contributed by atoms with Gasteiger partial charge < -0.3 is 9.32 Å². The number of benzene rings is 1. The highest BCUT2D eigenvalue weighted by Gasteiger charge is 2.15. The molecule has 1 heterocycles. The Hall–Kier alpha value is -1.55. The van der Waals surface area contributed by atoms with Gasteiger partial charge in [0.1, 0.15) is 5.76 Å². The van der Waals surface area contributed by atoms with Gasteiger partial charge >= 0.3 is 0 Å². The lowest BCUT2D eigenvalue weighted by Crippen LogP contribution is -2.25. The number of hydrogen-bond acceptors (Lipinski definition) is 2. The van der Waals surface area contributed by atoms with Gasteiger partial charge in [0, 0.05) is 24.5 Å². The lowest BCUT2D eigenvalue weighted by atomic mass is 10.2. The molecule has 0 saturated heterocycles. The Kier molecular flexibility index (Phi) is 4.43. The average Bonchev–Trinajstić information content (AvgIpc) is 2.89. The van der Waals surface area contributed by atoms with Gasteiger partial charge in [-0.1, -0.05) is 35.0 Å². The van der Waals surface area contributed by atoms with Crippen LogP contribution >= 0.6 is 15.9 Å². The molecule has 0 atom stereocenters. The van der Waals surface area contributed by atoms with Crippen molar-refractivity contribution in [3.63, 3.8) is 0 Å². The molecule has 0 N–H and O–H groups in total. The fourth-order valence-corrected chi connectivity index (χ4v) is 2.07. The molecule has 0 aliphatic heterocycles. The zero-order valence-electron chi connectivity index (χ0n) is 11.0. The highest BCUT2D eigenvalue weighted by Crippen LogP contribution is 2.14. The molecule has 1 aromatic carbocycles. The van der Waals surface area contributed by atoms with Crippen LogP contribution in [0.3, 0.4) is 0 Å². The second-order valence-corrected chi connectivity index (χ2v) is 5.32. The number of nitrogens with zero attached hydrogens (tertiary/aromatic N) is 1. The first kappa shape index (κ1) is 13.9. The number of amides is 1. The van der Waals surface area contributed by atoms with Crippen LogP contribution in [0.25, 0.3) is 0 Å². The molecule has 0 bridgehead atoms. The topological polar surface area (TPSA) is 33.5 Å². The molecule has 4 heteroatoms. The van der Waals surface area contributed by atoms with E-state index in [1.165, 1.54) is 0 Å². The largest absolute Gasteiger partial charge is 0.456 e. The number of halogens is 1. The summed E-state index contributed by atoms with van der Waals surface area (Å²) in [7, 11) is 1.78. The van der Waals surface area contributed by atoms with Gasteiger partial charge in [0.2, 0.25) is 0 Å². The maximum Gasteiger partial charge on any atom is 0.289 e. The van der Waals surface area contributed by atoms with Crippen LogP contribution in [0.4, 0.5) is 0 Å². The molecular formula is C15H16BrNO2. The normalized spacial score (nSPS) is 10.5. The van der Waals surface area contributed by atoms with E-state index in [0.29, 0.717) is 12.3 Å². The molecule has 100 valence electrons.